The Kier molecular flexibility index (Phi) is 4.43. The largest absolute Gasteiger partial charge is 0.381 e. The van der Waals surface area contributed by atoms with Gasteiger partial charge in [0.05, 0.1) is 17.9 Å². The van der Waals surface area contributed by atoms with E-state index < -0.39 is 0 Å². The standard InChI is InChI=1S/C17H20FN3O2/c1-20(9-12-3-5-14(18)6-4-12)17(22)15-10-21(2)19-16(15)13-7-8-23-11-13/h3-6,10,13H,7-9,11H2,1-2H3/t13-/m0/s1. The number of halogens is 1. The van der Waals surface area contributed by atoms with E-state index in [4.69, 9.17) is 4.74 Å². The van der Waals surface area contributed by atoms with Gasteiger partial charge in [-0.15, -0.1) is 0 Å². The molecule has 2 heterocycles. The van der Waals surface area contributed by atoms with Crippen molar-refractivity contribution in [3.63, 3.8) is 0 Å². The second-order valence-corrected chi connectivity index (χ2v) is 5.95. The first-order valence-electron chi connectivity index (χ1n) is 7.66. The third kappa shape index (κ3) is 3.42. The number of hydrogen-bond donors (Lipinski definition) is 0. The predicted octanol–water partition coefficient (Wildman–Crippen LogP) is 2.34. The maximum absolute atomic E-state index is 13.0. The van der Waals surface area contributed by atoms with Gasteiger partial charge in [0.2, 0.25) is 0 Å². The predicted molar refractivity (Wildman–Crippen MR) is 83.6 cm³/mol. The minimum Gasteiger partial charge on any atom is -0.381 e. The van der Waals surface area contributed by atoms with E-state index in [9.17, 15) is 9.18 Å². The highest BCUT2D eigenvalue weighted by Crippen LogP contribution is 2.27. The van der Waals surface area contributed by atoms with E-state index in [-0.39, 0.29) is 17.6 Å². The first kappa shape index (κ1) is 15.7. The molecule has 0 saturated carbocycles. The number of aromatic nitrogens is 2. The molecule has 0 radical (unpaired) electrons. The highest BCUT2D eigenvalue weighted by atomic mass is 19.1. The number of carbonyl (C=O) groups is 1. The number of benzene rings is 1. The molecule has 6 heteroatoms. The van der Waals surface area contributed by atoms with Gasteiger partial charge >= 0.3 is 0 Å². The number of hydrogen-bond acceptors (Lipinski definition) is 3. The third-order valence-corrected chi connectivity index (χ3v) is 4.08. The fourth-order valence-corrected chi connectivity index (χ4v) is 2.86. The molecule has 1 amide bonds. The Labute approximate surface area is 134 Å². The van der Waals surface area contributed by atoms with Crippen molar-refractivity contribution in [2.24, 2.45) is 7.05 Å². The highest BCUT2D eigenvalue weighted by molar-refractivity contribution is 5.95. The van der Waals surface area contributed by atoms with Crippen molar-refractivity contribution < 1.29 is 13.9 Å². The number of ether oxygens (including phenoxy) is 1. The molecule has 2 aromatic rings. The van der Waals surface area contributed by atoms with E-state index in [0.29, 0.717) is 25.3 Å². The summed E-state index contributed by atoms with van der Waals surface area (Å²) < 4.78 is 20.1. The molecule has 1 saturated heterocycles. The topological polar surface area (TPSA) is 47.4 Å². The molecule has 1 aliphatic heterocycles. The summed E-state index contributed by atoms with van der Waals surface area (Å²) in [4.78, 5) is 14.4. The number of nitrogens with zero attached hydrogens (tertiary/aromatic N) is 3. The number of amides is 1. The quantitative estimate of drug-likeness (QED) is 0.869. The molecular formula is C17H20FN3O2. The zero-order valence-electron chi connectivity index (χ0n) is 13.3. The summed E-state index contributed by atoms with van der Waals surface area (Å²) in [5, 5.41) is 4.45. The molecule has 5 nitrogen and oxygen atoms in total. The first-order valence-corrected chi connectivity index (χ1v) is 7.66. The lowest BCUT2D eigenvalue weighted by atomic mass is 10.0. The summed E-state index contributed by atoms with van der Waals surface area (Å²) in [6.45, 7) is 1.74. The van der Waals surface area contributed by atoms with Crippen molar-refractivity contribution in [1.82, 2.24) is 14.7 Å². The van der Waals surface area contributed by atoms with Gasteiger partial charge in [-0.1, -0.05) is 12.1 Å². The van der Waals surface area contributed by atoms with Gasteiger partial charge in [0.25, 0.3) is 5.91 Å². The van der Waals surface area contributed by atoms with Crippen LogP contribution in [0.2, 0.25) is 0 Å². The van der Waals surface area contributed by atoms with E-state index in [1.807, 2.05) is 7.05 Å². The van der Waals surface area contributed by atoms with Crippen molar-refractivity contribution in [2.75, 3.05) is 20.3 Å². The van der Waals surface area contributed by atoms with Gasteiger partial charge in [-0.3, -0.25) is 9.48 Å². The van der Waals surface area contributed by atoms with Crippen LogP contribution in [0.25, 0.3) is 0 Å². The SMILES string of the molecule is CN(Cc1ccc(F)cc1)C(=O)c1cn(C)nc1[C@H]1CCOC1. The molecule has 122 valence electrons. The Balaban J connectivity index is 1.78. The average molecular weight is 317 g/mol. The zero-order chi connectivity index (χ0) is 16.4. The second kappa shape index (κ2) is 6.50. The number of rotatable bonds is 4. The molecule has 1 aromatic carbocycles. The van der Waals surface area contributed by atoms with E-state index in [1.165, 1.54) is 12.1 Å². The lowest BCUT2D eigenvalue weighted by Gasteiger charge is -2.18. The van der Waals surface area contributed by atoms with Gasteiger partial charge in [0.1, 0.15) is 5.82 Å². The van der Waals surface area contributed by atoms with Gasteiger partial charge in [0, 0.05) is 39.4 Å². The van der Waals surface area contributed by atoms with Crippen molar-refractivity contribution in [3.05, 3.63) is 53.1 Å². The van der Waals surface area contributed by atoms with Crippen LogP contribution in [0.3, 0.4) is 0 Å². The van der Waals surface area contributed by atoms with E-state index >= 15 is 0 Å². The Bertz CT molecular complexity index is 690. The summed E-state index contributed by atoms with van der Waals surface area (Å²) in [5.41, 5.74) is 2.31. The molecule has 1 fully saturated rings. The van der Waals surface area contributed by atoms with Crippen LogP contribution in [0.15, 0.2) is 30.5 Å². The molecule has 1 atom stereocenters. The van der Waals surface area contributed by atoms with Gasteiger partial charge in [-0.2, -0.15) is 5.10 Å². The maximum atomic E-state index is 13.0. The number of aryl methyl sites for hydroxylation is 1. The summed E-state index contributed by atoms with van der Waals surface area (Å²) in [5.74, 6) is -0.183. The molecule has 0 unspecified atom stereocenters. The van der Waals surface area contributed by atoms with Gasteiger partial charge in [-0.05, 0) is 24.1 Å². The van der Waals surface area contributed by atoms with Crippen LogP contribution in [0.4, 0.5) is 4.39 Å². The molecule has 0 spiro atoms. The zero-order valence-corrected chi connectivity index (χ0v) is 13.3. The fourth-order valence-electron chi connectivity index (χ4n) is 2.86. The fraction of sp³-hybridized carbons (Fsp3) is 0.412. The molecule has 0 bridgehead atoms. The molecule has 1 aromatic heterocycles. The average Bonchev–Trinajstić information content (AvgIpc) is 3.17. The van der Waals surface area contributed by atoms with Crippen LogP contribution in [-0.2, 0) is 18.3 Å². The Hall–Kier alpha value is -2.21. The van der Waals surface area contributed by atoms with Crippen molar-refractivity contribution in [1.29, 1.82) is 0 Å². The monoisotopic (exact) mass is 317 g/mol. The first-order chi connectivity index (χ1) is 11.0. The van der Waals surface area contributed by atoms with Crippen molar-refractivity contribution in [2.45, 2.75) is 18.9 Å². The maximum Gasteiger partial charge on any atom is 0.257 e. The highest BCUT2D eigenvalue weighted by Gasteiger charge is 2.27. The molecule has 23 heavy (non-hydrogen) atoms. The Morgan fingerprint density at radius 1 is 1.43 bits per heavy atom. The summed E-state index contributed by atoms with van der Waals surface area (Å²) >= 11 is 0. The molecular weight excluding hydrogens is 297 g/mol. The molecule has 0 aliphatic carbocycles. The van der Waals surface area contributed by atoms with Crippen molar-refractivity contribution in [3.8, 4) is 0 Å². The van der Waals surface area contributed by atoms with E-state index in [1.54, 1.807) is 35.0 Å². The lowest BCUT2D eigenvalue weighted by molar-refractivity contribution is 0.0783. The number of carbonyl (C=O) groups excluding carboxylic acids is 1. The van der Waals surface area contributed by atoms with Crippen LogP contribution >= 0.6 is 0 Å². The molecule has 1 aliphatic rings. The van der Waals surface area contributed by atoms with Gasteiger partial charge in [0.15, 0.2) is 0 Å². The minimum absolute atomic E-state index is 0.0793. The van der Waals surface area contributed by atoms with Gasteiger partial charge in [-0.25, -0.2) is 4.39 Å². The third-order valence-electron chi connectivity index (χ3n) is 4.08. The Morgan fingerprint density at radius 3 is 2.83 bits per heavy atom. The van der Waals surface area contributed by atoms with Crippen LogP contribution in [-0.4, -0.2) is 40.8 Å². The normalized spacial score (nSPS) is 17.4. The van der Waals surface area contributed by atoms with Crippen LogP contribution < -0.4 is 0 Å². The van der Waals surface area contributed by atoms with Crippen LogP contribution in [0, 0.1) is 5.82 Å². The summed E-state index contributed by atoms with van der Waals surface area (Å²) in [6, 6.07) is 6.18. The Morgan fingerprint density at radius 2 is 2.17 bits per heavy atom. The minimum atomic E-state index is -0.279. The summed E-state index contributed by atoms with van der Waals surface area (Å²) in [7, 11) is 3.56. The van der Waals surface area contributed by atoms with E-state index in [0.717, 1.165) is 17.7 Å². The molecule has 3 rings (SSSR count). The van der Waals surface area contributed by atoms with Crippen molar-refractivity contribution >= 4 is 5.91 Å². The van der Waals surface area contributed by atoms with Gasteiger partial charge < -0.3 is 9.64 Å². The van der Waals surface area contributed by atoms with E-state index in [2.05, 4.69) is 5.10 Å². The summed E-state index contributed by atoms with van der Waals surface area (Å²) in [6.07, 6.45) is 2.65. The smallest absolute Gasteiger partial charge is 0.257 e. The lowest BCUT2D eigenvalue weighted by Crippen LogP contribution is -2.27. The molecule has 0 N–H and O–H groups in total. The van der Waals surface area contributed by atoms with Crippen LogP contribution in [0.5, 0.6) is 0 Å². The van der Waals surface area contributed by atoms with Crippen LogP contribution in [0.1, 0.15) is 34.0 Å². The second-order valence-electron chi connectivity index (χ2n) is 5.95.